The molecule has 0 aromatic rings. The first-order chi connectivity index (χ1) is 7.86. The minimum Gasteiger partial charge on any atom is -0.377 e. The van der Waals surface area contributed by atoms with E-state index in [9.17, 15) is 0 Å². The Morgan fingerprint density at radius 2 is 2.19 bits per heavy atom. The standard InChI is InChI=1S/C13H28N2O/c1-3-5-9-15(4-2)10-8-14-12-13-7-6-11-16-13/h13-14H,3-12H2,1-2H3. The van der Waals surface area contributed by atoms with Gasteiger partial charge in [-0.15, -0.1) is 0 Å². The smallest absolute Gasteiger partial charge is 0.0700 e. The molecule has 0 aromatic carbocycles. The van der Waals surface area contributed by atoms with Crippen LogP contribution in [-0.4, -0.2) is 50.3 Å². The summed E-state index contributed by atoms with van der Waals surface area (Å²) < 4.78 is 5.58. The highest BCUT2D eigenvalue weighted by molar-refractivity contribution is 4.68. The van der Waals surface area contributed by atoms with E-state index in [4.69, 9.17) is 4.74 Å². The lowest BCUT2D eigenvalue weighted by Gasteiger charge is -2.20. The number of rotatable bonds is 9. The summed E-state index contributed by atoms with van der Waals surface area (Å²) in [5.74, 6) is 0. The van der Waals surface area contributed by atoms with E-state index in [1.54, 1.807) is 0 Å². The van der Waals surface area contributed by atoms with E-state index in [1.807, 2.05) is 0 Å². The second-order valence-electron chi connectivity index (χ2n) is 4.63. The Labute approximate surface area is 101 Å². The zero-order valence-electron chi connectivity index (χ0n) is 11.0. The largest absolute Gasteiger partial charge is 0.377 e. The van der Waals surface area contributed by atoms with Crippen LogP contribution >= 0.6 is 0 Å². The summed E-state index contributed by atoms with van der Waals surface area (Å²) in [7, 11) is 0. The molecular formula is C13H28N2O. The van der Waals surface area contributed by atoms with Gasteiger partial charge in [-0.1, -0.05) is 20.3 Å². The van der Waals surface area contributed by atoms with Gasteiger partial charge in [-0.05, 0) is 32.4 Å². The van der Waals surface area contributed by atoms with Crippen molar-refractivity contribution in [3.63, 3.8) is 0 Å². The lowest BCUT2D eigenvalue weighted by molar-refractivity contribution is 0.109. The lowest BCUT2D eigenvalue weighted by Crippen LogP contribution is -2.35. The van der Waals surface area contributed by atoms with E-state index in [0.717, 1.165) is 19.7 Å². The fraction of sp³-hybridized carbons (Fsp3) is 1.00. The van der Waals surface area contributed by atoms with Crippen LogP contribution in [0.3, 0.4) is 0 Å². The molecule has 1 N–H and O–H groups in total. The molecule has 0 bridgehead atoms. The SMILES string of the molecule is CCCCN(CC)CCNCC1CCCO1. The lowest BCUT2D eigenvalue weighted by atomic mass is 10.2. The number of hydrogen-bond acceptors (Lipinski definition) is 3. The first kappa shape index (κ1) is 13.9. The molecule has 0 aliphatic carbocycles. The van der Waals surface area contributed by atoms with Gasteiger partial charge in [0.05, 0.1) is 6.10 Å². The minimum atomic E-state index is 0.478. The average Bonchev–Trinajstić information content (AvgIpc) is 2.81. The summed E-state index contributed by atoms with van der Waals surface area (Å²) in [4.78, 5) is 2.52. The highest BCUT2D eigenvalue weighted by Crippen LogP contribution is 2.10. The molecule has 0 spiro atoms. The van der Waals surface area contributed by atoms with E-state index < -0.39 is 0 Å². The highest BCUT2D eigenvalue weighted by Gasteiger charge is 2.14. The van der Waals surface area contributed by atoms with Gasteiger partial charge >= 0.3 is 0 Å². The third kappa shape index (κ3) is 5.83. The van der Waals surface area contributed by atoms with Crippen molar-refractivity contribution in [2.24, 2.45) is 0 Å². The third-order valence-corrected chi connectivity index (χ3v) is 3.28. The fourth-order valence-corrected chi connectivity index (χ4v) is 2.12. The summed E-state index contributed by atoms with van der Waals surface area (Å²) >= 11 is 0. The van der Waals surface area contributed by atoms with Crippen molar-refractivity contribution in [2.45, 2.75) is 45.6 Å². The first-order valence-electron chi connectivity index (χ1n) is 6.91. The maximum Gasteiger partial charge on any atom is 0.0700 e. The van der Waals surface area contributed by atoms with Crippen LogP contribution < -0.4 is 5.32 Å². The van der Waals surface area contributed by atoms with Gasteiger partial charge in [0.25, 0.3) is 0 Å². The van der Waals surface area contributed by atoms with Crippen LogP contribution in [0.25, 0.3) is 0 Å². The van der Waals surface area contributed by atoms with Crippen LogP contribution in [0.5, 0.6) is 0 Å². The molecule has 1 heterocycles. The van der Waals surface area contributed by atoms with Crippen molar-refractivity contribution in [1.82, 2.24) is 10.2 Å². The monoisotopic (exact) mass is 228 g/mol. The number of likely N-dealkylation sites (N-methyl/N-ethyl adjacent to an activating group) is 1. The number of unbranched alkanes of at least 4 members (excludes halogenated alkanes) is 1. The summed E-state index contributed by atoms with van der Waals surface area (Å²) in [6, 6.07) is 0. The normalized spacial score (nSPS) is 20.8. The topological polar surface area (TPSA) is 24.5 Å². The van der Waals surface area contributed by atoms with Gasteiger partial charge < -0.3 is 15.0 Å². The van der Waals surface area contributed by atoms with Gasteiger partial charge in [0.15, 0.2) is 0 Å². The van der Waals surface area contributed by atoms with Gasteiger partial charge in [-0.25, -0.2) is 0 Å². The first-order valence-corrected chi connectivity index (χ1v) is 6.91. The predicted octanol–water partition coefficient (Wildman–Crippen LogP) is 1.88. The second-order valence-corrected chi connectivity index (χ2v) is 4.63. The molecule has 1 atom stereocenters. The number of nitrogens with zero attached hydrogens (tertiary/aromatic N) is 1. The molecule has 0 amide bonds. The summed E-state index contributed by atoms with van der Waals surface area (Å²) in [6.45, 7) is 11.2. The van der Waals surface area contributed by atoms with Crippen molar-refractivity contribution < 1.29 is 4.74 Å². The third-order valence-electron chi connectivity index (χ3n) is 3.28. The Morgan fingerprint density at radius 1 is 1.31 bits per heavy atom. The molecule has 1 unspecified atom stereocenters. The van der Waals surface area contributed by atoms with Crippen LogP contribution in [0.4, 0.5) is 0 Å². The van der Waals surface area contributed by atoms with Crippen LogP contribution in [0, 0.1) is 0 Å². The van der Waals surface area contributed by atoms with Crippen LogP contribution in [0.1, 0.15) is 39.5 Å². The zero-order valence-corrected chi connectivity index (χ0v) is 11.0. The molecule has 1 fully saturated rings. The minimum absolute atomic E-state index is 0.478. The number of hydrogen-bond donors (Lipinski definition) is 1. The Balaban J connectivity index is 1.95. The molecule has 96 valence electrons. The van der Waals surface area contributed by atoms with E-state index >= 15 is 0 Å². The molecule has 3 heteroatoms. The summed E-state index contributed by atoms with van der Waals surface area (Å²) in [5.41, 5.74) is 0. The Bertz CT molecular complexity index is 158. The van der Waals surface area contributed by atoms with Crippen molar-refractivity contribution in [3.05, 3.63) is 0 Å². The van der Waals surface area contributed by atoms with Gasteiger partial charge in [0, 0.05) is 26.2 Å². The molecule has 1 rings (SSSR count). The molecule has 16 heavy (non-hydrogen) atoms. The zero-order chi connectivity index (χ0) is 11.6. The second kappa shape index (κ2) is 8.97. The van der Waals surface area contributed by atoms with E-state index in [-0.39, 0.29) is 0 Å². The van der Waals surface area contributed by atoms with E-state index in [0.29, 0.717) is 6.10 Å². The molecule has 0 aromatic heterocycles. The molecule has 3 nitrogen and oxygen atoms in total. The van der Waals surface area contributed by atoms with Gasteiger partial charge in [-0.3, -0.25) is 0 Å². The van der Waals surface area contributed by atoms with Crippen LogP contribution in [-0.2, 0) is 4.74 Å². The molecule has 1 saturated heterocycles. The van der Waals surface area contributed by atoms with Crippen molar-refractivity contribution in [3.8, 4) is 0 Å². The quantitative estimate of drug-likeness (QED) is 0.610. The summed E-state index contributed by atoms with van der Waals surface area (Å²) in [6.07, 6.45) is 5.56. The van der Waals surface area contributed by atoms with Crippen molar-refractivity contribution >= 4 is 0 Å². The molecule has 0 radical (unpaired) electrons. The van der Waals surface area contributed by atoms with Gasteiger partial charge in [-0.2, -0.15) is 0 Å². The van der Waals surface area contributed by atoms with E-state index in [2.05, 4.69) is 24.1 Å². The molecular weight excluding hydrogens is 200 g/mol. The summed E-state index contributed by atoms with van der Waals surface area (Å²) in [5, 5.41) is 3.50. The Kier molecular flexibility index (Phi) is 7.81. The fourth-order valence-electron chi connectivity index (χ4n) is 2.12. The van der Waals surface area contributed by atoms with E-state index in [1.165, 1.54) is 45.3 Å². The highest BCUT2D eigenvalue weighted by atomic mass is 16.5. The van der Waals surface area contributed by atoms with Crippen molar-refractivity contribution in [2.75, 3.05) is 39.3 Å². The van der Waals surface area contributed by atoms with Crippen LogP contribution in [0.2, 0.25) is 0 Å². The molecule has 0 saturated carbocycles. The Hall–Kier alpha value is -0.120. The molecule has 1 aliphatic rings. The van der Waals surface area contributed by atoms with Gasteiger partial charge in [0.1, 0.15) is 0 Å². The Morgan fingerprint density at radius 3 is 2.81 bits per heavy atom. The number of ether oxygens (including phenoxy) is 1. The number of nitrogens with one attached hydrogen (secondary N) is 1. The van der Waals surface area contributed by atoms with Crippen LogP contribution in [0.15, 0.2) is 0 Å². The predicted molar refractivity (Wildman–Crippen MR) is 68.9 cm³/mol. The average molecular weight is 228 g/mol. The maximum atomic E-state index is 5.58. The maximum absolute atomic E-state index is 5.58. The molecule has 1 aliphatic heterocycles. The van der Waals surface area contributed by atoms with Crippen molar-refractivity contribution in [1.29, 1.82) is 0 Å². The van der Waals surface area contributed by atoms with Gasteiger partial charge in [0.2, 0.25) is 0 Å².